The number of nitrogens with one attached hydrogen (secondary N) is 1. The van der Waals surface area contributed by atoms with E-state index in [1.54, 1.807) is 13.8 Å². The van der Waals surface area contributed by atoms with Crippen LogP contribution in [0.1, 0.15) is 56.0 Å². The van der Waals surface area contributed by atoms with E-state index in [9.17, 15) is 14.0 Å². The van der Waals surface area contributed by atoms with Crippen LogP contribution in [0, 0.1) is 0 Å². The Hall–Kier alpha value is -2.94. The molecule has 1 aliphatic rings. The van der Waals surface area contributed by atoms with Crippen molar-refractivity contribution >= 4 is 12.0 Å². The van der Waals surface area contributed by atoms with Gasteiger partial charge >= 0.3 is 6.09 Å². The first-order valence-corrected chi connectivity index (χ1v) is 11.4. The summed E-state index contributed by atoms with van der Waals surface area (Å²) in [4.78, 5) is 26.1. The summed E-state index contributed by atoms with van der Waals surface area (Å²) in [6.45, 7) is 3.83. The lowest BCUT2D eigenvalue weighted by molar-refractivity contribution is -0.126. The second-order valence-electron chi connectivity index (χ2n) is 9.05. The Bertz CT molecular complexity index is 913. The minimum atomic E-state index is -1.04. The minimum Gasteiger partial charge on any atom is -0.449 e. The highest BCUT2D eigenvalue weighted by atomic mass is 19.1. The third kappa shape index (κ3) is 7.28. The Morgan fingerprint density at radius 3 is 2.76 bits per heavy atom. The third-order valence-electron chi connectivity index (χ3n) is 5.68. The largest absolute Gasteiger partial charge is 0.449 e. The molecule has 1 aromatic carbocycles. The molecule has 1 aromatic heterocycles. The number of aromatic nitrogens is 1. The second kappa shape index (κ2) is 11.3. The zero-order chi connectivity index (χ0) is 23.8. The van der Waals surface area contributed by atoms with Crippen molar-refractivity contribution in [2.45, 2.75) is 63.7 Å². The summed E-state index contributed by atoms with van der Waals surface area (Å²) >= 11 is 0. The smallest absolute Gasteiger partial charge is 0.409 e. The molecule has 2 heterocycles. The molecule has 2 aromatic rings. The number of carbonyl (C=O) groups is 2. The SMILES string of the molecule is CC(C)(N)C(=O)N[C@H](CCCc1ccccc1)c1nocc1CCOC(=O)N1CCC(F)C1. The molecule has 33 heavy (non-hydrogen) atoms. The fourth-order valence-electron chi connectivity index (χ4n) is 3.74. The maximum absolute atomic E-state index is 13.3. The van der Waals surface area contributed by atoms with E-state index >= 15 is 0 Å². The molecule has 1 fully saturated rings. The highest BCUT2D eigenvalue weighted by Gasteiger charge is 2.29. The van der Waals surface area contributed by atoms with Gasteiger partial charge in [0.1, 0.15) is 18.1 Å². The maximum Gasteiger partial charge on any atom is 0.409 e. The quantitative estimate of drug-likeness (QED) is 0.563. The van der Waals surface area contributed by atoms with Gasteiger partial charge in [-0.05, 0) is 45.1 Å². The molecule has 1 aliphatic heterocycles. The number of hydrogen-bond donors (Lipinski definition) is 2. The number of halogens is 1. The van der Waals surface area contributed by atoms with Gasteiger partial charge in [0.2, 0.25) is 5.91 Å². The van der Waals surface area contributed by atoms with E-state index in [4.69, 9.17) is 15.0 Å². The van der Waals surface area contributed by atoms with E-state index in [2.05, 4.69) is 22.6 Å². The zero-order valence-electron chi connectivity index (χ0n) is 19.3. The molecule has 0 aliphatic carbocycles. The van der Waals surface area contributed by atoms with Crippen LogP contribution in [0.3, 0.4) is 0 Å². The Kier molecular flexibility index (Phi) is 8.43. The Morgan fingerprint density at radius 1 is 1.33 bits per heavy atom. The predicted molar refractivity (Wildman–Crippen MR) is 121 cm³/mol. The molecule has 3 N–H and O–H groups in total. The maximum atomic E-state index is 13.3. The molecule has 2 atom stereocenters. The normalized spacial score (nSPS) is 17.1. The van der Waals surface area contributed by atoms with Crippen molar-refractivity contribution in [1.82, 2.24) is 15.4 Å². The van der Waals surface area contributed by atoms with Gasteiger partial charge < -0.3 is 25.2 Å². The van der Waals surface area contributed by atoms with E-state index in [1.165, 1.54) is 16.7 Å². The number of hydrogen-bond acceptors (Lipinski definition) is 6. The fraction of sp³-hybridized carbons (Fsp3) is 0.542. The molecular formula is C24H33FN4O4. The summed E-state index contributed by atoms with van der Waals surface area (Å²) in [6, 6.07) is 9.72. The molecular weight excluding hydrogens is 427 g/mol. The predicted octanol–water partition coefficient (Wildman–Crippen LogP) is 3.32. The monoisotopic (exact) mass is 460 g/mol. The van der Waals surface area contributed by atoms with E-state index in [-0.39, 0.29) is 25.1 Å². The number of likely N-dealkylation sites (tertiary alicyclic amines) is 1. The van der Waals surface area contributed by atoms with Crippen LogP contribution in [0.2, 0.25) is 0 Å². The average Bonchev–Trinajstić information content (AvgIpc) is 3.42. The second-order valence-corrected chi connectivity index (χ2v) is 9.05. The van der Waals surface area contributed by atoms with Gasteiger partial charge in [0.15, 0.2) is 0 Å². The van der Waals surface area contributed by atoms with Gasteiger partial charge in [-0.15, -0.1) is 0 Å². The topological polar surface area (TPSA) is 111 Å². The molecule has 180 valence electrons. The van der Waals surface area contributed by atoms with Gasteiger partial charge in [-0.2, -0.15) is 0 Å². The van der Waals surface area contributed by atoms with E-state index in [0.29, 0.717) is 31.5 Å². The van der Waals surface area contributed by atoms with Crippen LogP contribution in [0.4, 0.5) is 9.18 Å². The molecule has 0 bridgehead atoms. The highest BCUT2D eigenvalue weighted by Crippen LogP contribution is 2.24. The summed E-state index contributed by atoms with van der Waals surface area (Å²) in [5, 5.41) is 7.12. The van der Waals surface area contributed by atoms with Crippen molar-refractivity contribution in [1.29, 1.82) is 0 Å². The van der Waals surface area contributed by atoms with Crippen LogP contribution in [0.25, 0.3) is 0 Å². The van der Waals surface area contributed by atoms with E-state index in [0.717, 1.165) is 18.4 Å². The van der Waals surface area contributed by atoms with Crippen LogP contribution >= 0.6 is 0 Å². The van der Waals surface area contributed by atoms with Crippen molar-refractivity contribution in [3.63, 3.8) is 0 Å². The molecule has 8 nitrogen and oxygen atoms in total. The minimum absolute atomic E-state index is 0.0712. The Morgan fingerprint density at radius 2 is 2.09 bits per heavy atom. The number of ether oxygens (including phenoxy) is 1. The van der Waals surface area contributed by atoms with Gasteiger partial charge in [-0.1, -0.05) is 35.5 Å². The summed E-state index contributed by atoms with van der Waals surface area (Å²) < 4.78 is 23.8. The van der Waals surface area contributed by atoms with E-state index < -0.39 is 17.8 Å². The number of benzene rings is 1. The highest BCUT2D eigenvalue weighted by molar-refractivity contribution is 5.85. The lowest BCUT2D eigenvalue weighted by atomic mass is 9.98. The van der Waals surface area contributed by atoms with Gasteiger partial charge in [0.05, 0.1) is 24.7 Å². The summed E-state index contributed by atoms with van der Waals surface area (Å²) in [5.41, 5.74) is 7.49. The Balaban J connectivity index is 1.61. The first-order chi connectivity index (χ1) is 15.7. The van der Waals surface area contributed by atoms with Crippen molar-refractivity contribution in [2.75, 3.05) is 19.7 Å². The summed E-state index contributed by atoms with van der Waals surface area (Å²) in [7, 11) is 0. The van der Waals surface area contributed by atoms with Gasteiger partial charge in [-0.25, -0.2) is 9.18 Å². The molecule has 9 heteroatoms. The third-order valence-corrected chi connectivity index (χ3v) is 5.68. The van der Waals surface area contributed by atoms with Crippen LogP contribution < -0.4 is 11.1 Å². The molecule has 2 amide bonds. The average molecular weight is 461 g/mol. The van der Waals surface area contributed by atoms with Crippen LogP contribution in [-0.4, -0.2) is 53.5 Å². The standard InChI is InChI=1S/C24H33FN4O4/c1-24(2,26)22(30)27-20(10-6-9-17-7-4-3-5-8-17)21-18(16-33-28-21)12-14-32-23(31)29-13-11-19(25)15-29/h3-5,7-8,16,19-20H,6,9-15,26H2,1-2H3,(H,27,30)/t19?,20-/m1/s1. The molecule has 0 radical (unpaired) electrons. The fourth-order valence-corrected chi connectivity index (χ4v) is 3.74. The lowest BCUT2D eigenvalue weighted by Crippen LogP contribution is -2.50. The van der Waals surface area contributed by atoms with E-state index in [1.807, 2.05) is 18.2 Å². The van der Waals surface area contributed by atoms with Crippen molar-refractivity contribution < 1.29 is 23.2 Å². The number of nitrogens with two attached hydrogens (primary N) is 1. The number of nitrogens with zero attached hydrogens (tertiary/aromatic N) is 2. The summed E-state index contributed by atoms with van der Waals surface area (Å²) in [5.74, 6) is -0.289. The summed E-state index contributed by atoms with van der Waals surface area (Å²) in [6.07, 6.45) is 3.01. The van der Waals surface area contributed by atoms with Crippen LogP contribution in [-0.2, 0) is 22.4 Å². The van der Waals surface area contributed by atoms with Crippen molar-refractivity contribution in [3.8, 4) is 0 Å². The van der Waals surface area contributed by atoms with Crippen molar-refractivity contribution in [3.05, 3.63) is 53.4 Å². The number of amides is 2. The molecule has 0 saturated carbocycles. The molecule has 0 spiro atoms. The van der Waals surface area contributed by atoms with Gasteiger partial charge in [-0.3, -0.25) is 4.79 Å². The van der Waals surface area contributed by atoms with Gasteiger partial charge in [0, 0.05) is 18.5 Å². The molecule has 1 saturated heterocycles. The molecule has 3 rings (SSSR count). The van der Waals surface area contributed by atoms with Gasteiger partial charge in [0.25, 0.3) is 0 Å². The first-order valence-electron chi connectivity index (χ1n) is 11.4. The Labute approximate surface area is 193 Å². The molecule has 1 unspecified atom stereocenters. The van der Waals surface area contributed by atoms with Crippen molar-refractivity contribution in [2.24, 2.45) is 5.73 Å². The number of alkyl halides is 1. The zero-order valence-corrected chi connectivity index (χ0v) is 19.3. The first kappa shape index (κ1) is 24.7. The van der Waals surface area contributed by atoms with Crippen LogP contribution in [0.15, 0.2) is 41.1 Å². The number of carbonyl (C=O) groups excluding carboxylic acids is 2. The number of aryl methyl sites for hydroxylation is 1. The number of rotatable bonds is 10. The lowest BCUT2D eigenvalue weighted by Gasteiger charge is -2.24. The van der Waals surface area contributed by atoms with Crippen LogP contribution in [0.5, 0.6) is 0 Å².